The van der Waals surface area contributed by atoms with Gasteiger partial charge in [0.05, 0.1) is 0 Å². The van der Waals surface area contributed by atoms with Crippen LogP contribution >= 0.6 is 0 Å². The van der Waals surface area contributed by atoms with Gasteiger partial charge in [-0.25, -0.2) is 0 Å². The summed E-state index contributed by atoms with van der Waals surface area (Å²) in [5.41, 5.74) is 5.08. The summed E-state index contributed by atoms with van der Waals surface area (Å²) in [5.74, 6) is -0.448. The van der Waals surface area contributed by atoms with E-state index in [0.717, 1.165) is 19.5 Å². The first-order chi connectivity index (χ1) is 8.90. The molecule has 0 spiro atoms. The van der Waals surface area contributed by atoms with Crippen LogP contribution in [0.5, 0.6) is 0 Å². The van der Waals surface area contributed by atoms with Crippen molar-refractivity contribution < 1.29 is 9.90 Å². The van der Waals surface area contributed by atoms with Crippen LogP contribution in [0.25, 0.3) is 0 Å². The Hall–Kier alpha value is -1.35. The Morgan fingerprint density at radius 3 is 2.42 bits per heavy atom. The molecule has 104 valence electrons. The summed E-state index contributed by atoms with van der Waals surface area (Å²) in [4.78, 5) is 13.5. The van der Waals surface area contributed by atoms with Gasteiger partial charge in [-0.05, 0) is 56.3 Å². The number of carbonyl (C=O) groups is 1. The van der Waals surface area contributed by atoms with Crippen molar-refractivity contribution in [1.29, 1.82) is 0 Å². The van der Waals surface area contributed by atoms with Gasteiger partial charge in [0.25, 0.3) is 0 Å². The molecule has 1 aromatic rings. The van der Waals surface area contributed by atoms with Gasteiger partial charge < -0.3 is 5.11 Å². The molecule has 1 aliphatic heterocycles. The molecule has 1 N–H and O–H groups in total. The zero-order valence-corrected chi connectivity index (χ0v) is 12.2. The molecule has 2 atom stereocenters. The molecule has 1 saturated heterocycles. The first kappa shape index (κ1) is 14.1. The Labute approximate surface area is 115 Å². The highest BCUT2D eigenvalue weighted by atomic mass is 16.4. The van der Waals surface area contributed by atoms with Gasteiger partial charge in [-0.3, -0.25) is 9.69 Å². The summed E-state index contributed by atoms with van der Waals surface area (Å²) in [6.07, 6.45) is 0.973. The van der Waals surface area contributed by atoms with E-state index in [9.17, 15) is 9.90 Å². The van der Waals surface area contributed by atoms with E-state index in [0.29, 0.717) is 0 Å². The number of aliphatic carboxylic acids is 1. The molecule has 0 bridgehead atoms. The maximum Gasteiger partial charge on any atom is 0.321 e. The lowest BCUT2D eigenvalue weighted by Crippen LogP contribution is -2.38. The molecule has 1 fully saturated rings. The summed E-state index contributed by atoms with van der Waals surface area (Å²) < 4.78 is 0. The van der Waals surface area contributed by atoms with Crippen molar-refractivity contribution in [2.45, 2.75) is 46.7 Å². The Kier molecular flexibility index (Phi) is 3.95. The lowest BCUT2D eigenvalue weighted by Gasteiger charge is -2.25. The second-order valence-electron chi connectivity index (χ2n) is 5.90. The minimum atomic E-state index is -0.688. The zero-order chi connectivity index (χ0) is 14.2. The molecule has 19 heavy (non-hydrogen) atoms. The van der Waals surface area contributed by atoms with E-state index in [4.69, 9.17) is 0 Å². The summed E-state index contributed by atoms with van der Waals surface area (Å²) in [5, 5.41) is 9.37. The van der Waals surface area contributed by atoms with E-state index >= 15 is 0 Å². The zero-order valence-electron chi connectivity index (χ0n) is 12.2. The van der Waals surface area contributed by atoms with Crippen LogP contribution in [0.3, 0.4) is 0 Å². The van der Waals surface area contributed by atoms with E-state index in [2.05, 4.69) is 37.8 Å². The van der Waals surface area contributed by atoms with E-state index in [-0.39, 0.29) is 12.0 Å². The highest BCUT2D eigenvalue weighted by molar-refractivity contribution is 5.74. The monoisotopic (exact) mass is 261 g/mol. The first-order valence-electron chi connectivity index (χ1n) is 6.93. The number of benzene rings is 1. The first-order valence-corrected chi connectivity index (χ1v) is 6.93. The molecule has 0 saturated carbocycles. The van der Waals surface area contributed by atoms with Crippen LogP contribution < -0.4 is 0 Å². The maximum absolute atomic E-state index is 11.4. The number of nitrogens with zero attached hydrogens (tertiary/aromatic N) is 1. The molecule has 1 aromatic carbocycles. The average Bonchev–Trinajstić information content (AvgIpc) is 2.64. The molecular weight excluding hydrogens is 238 g/mol. The predicted molar refractivity (Wildman–Crippen MR) is 76.3 cm³/mol. The molecule has 3 heteroatoms. The number of hydrogen-bond acceptors (Lipinski definition) is 2. The Morgan fingerprint density at radius 2 is 1.89 bits per heavy atom. The SMILES string of the molecule is Cc1cc(C)c(CN2CCC(C)C2C(=O)O)c(C)c1. The van der Waals surface area contributed by atoms with Gasteiger partial charge in [0, 0.05) is 6.54 Å². The van der Waals surface area contributed by atoms with E-state index in [1.807, 2.05) is 6.92 Å². The fourth-order valence-electron chi connectivity index (χ4n) is 3.27. The van der Waals surface area contributed by atoms with Crippen LogP contribution in [-0.2, 0) is 11.3 Å². The van der Waals surface area contributed by atoms with E-state index < -0.39 is 5.97 Å². The molecule has 0 aliphatic carbocycles. The van der Waals surface area contributed by atoms with Gasteiger partial charge in [-0.1, -0.05) is 24.6 Å². The minimum absolute atomic E-state index is 0.239. The molecule has 2 rings (SSSR count). The lowest BCUT2D eigenvalue weighted by molar-refractivity contribution is -0.143. The third kappa shape index (κ3) is 2.81. The van der Waals surface area contributed by atoms with Crippen LogP contribution in [0.4, 0.5) is 0 Å². The van der Waals surface area contributed by atoms with Crippen LogP contribution in [0, 0.1) is 26.7 Å². The summed E-state index contributed by atoms with van der Waals surface area (Å²) >= 11 is 0. The number of likely N-dealkylation sites (tertiary alicyclic amines) is 1. The predicted octanol–water partition coefficient (Wildman–Crippen LogP) is 2.91. The number of carboxylic acid groups (broad SMARTS) is 1. The Bertz CT molecular complexity index is 473. The summed E-state index contributed by atoms with van der Waals surface area (Å²) in [6.45, 7) is 9.99. The molecule has 0 amide bonds. The van der Waals surface area contributed by atoms with Crippen molar-refractivity contribution in [3.63, 3.8) is 0 Å². The normalized spacial score (nSPS) is 23.8. The van der Waals surface area contributed by atoms with Crippen molar-refractivity contribution in [1.82, 2.24) is 4.90 Å². The summed E-state index contributed by atoms with van der Waals surface area (Å²) in [7, 11) is 0. The largest absolute Gasteiger partial charge is 0.480 e. The van der Waals surface area contributed by atoms with E-state index in [1.54, 1.807) is 0 Å². The number of carboxylic acids is 1. The third-order valence-corrected chi connectivity index (χ3v) is 4.26. The highest BCUT2D eigenvalue weighted by Crippen LogP contribution is 2.28. The second-order valence-corrected chi connectivity index (χ2v) is 5.90. The van der Waals surface area contributed by atoms with Crippen molar-refractivity contribution in [3.8, 4) is 0 Å². The summed E-state index contributed by atoms with van der Waals surface area (Å²) in [6, 6.07) is 4.02. The van der Waals surface area contributed by atoms with Crippen LogP contribution in [-0.4, -0.2) is 28.6 Å². The quantitative estimate of drug-likeness (QED) is 0.909. The second kappa shape index (κ2) is 5.33. The average molecular weight is 261 g/mol. The fraction of sp³-hybridized carbons (Fsp3) is 0.562. The van der Waals surface area contributed by atoms with Crippen LogP contribution in [0.1, 0.15) is 35.6 Å². The van der Waals surface area contributed by atoms with Gasteiger partial charge in [0.15, 0.2) is 0 Å². The number of rotatable bonds is 3. The standard InChI is InChI=1S/C16H23NO2/c1-10-7-12(3)14(13(4)8-10)9-17-6-5-11(2)15(17)16(18)19/h7-8,11,15H,5-6,9H2,1-4H3,(H,18,19). The molecule has 0 radical (unpaired) electrons. The highest BCUT2D eigenvalue weighted by Gasteiger charge is 2.36. The van der Waals surface area contributed by atoms with Gasteiger partial charge in [0.2, 0.25) is 0 Å². The molecular formula is C16H23NO2. The van der Waals surface area contributed by atoms with Crippen molar-refractivity contribution >= 4 is 5.97 Å². The van der Waals surface area contributed by atoms with Gasteiger partial charge in [0.1, 0.15) is 6.04 Å². The van der Waals surface area contributed by atoms with Crippen molar-refractivity contribution in [3.05, 3.63) is 34.4 Å². The maximum atomic E-state index is 11.4. The minimum Gasteiger partial charge on any atom is -0.480 e. The topological polar surface area (TPSA) is 40.5 Å². The molecule has 0 aromatic heterocycles. The third-order valence-electron chi connectivity index (χ3n) is 4.26. The van der Waals surface area contributed by atoms with Crippen molar-refractivity contribution in [2.75, 3.05) is 6.54 Å². The molecule has 1 heterocycles. The number of aryl methyl sites for hydroxylation is 3. The molecule has 1 aliphatic rings. The molecule has 2 unspecified atom stereocenters. The Balaban J connectivity index is 2.24. The smallest absolute Gasteiger partial charge is 0.321 e. The van der Waals surface area contributed by atoms with E-state index in [1.165, 1.54) is 22.3 Å². The van der Waals surface area contributed by atoms with Gasteiger partial charge in [-0.2, -0.15) is 0 Å². The van der Waals surface area contributed by atoms with Crippen LogP contribution in [0.15, 0.2) is 12.1 Å². The Morgan fingerprint density at radius 1 is 1.32 bits per heavy atom. The molecule has 3 nitrogen and oxygen atoms in total. The van der Waals surface area contributed by atoms with Gasteiger partial charge >= 0.3 is 5.97 Å². The fourth-order valence-corrected chi connectivity index (χ4v) is 3.27. The lowest BCUT2D eigenvalue weighted by atomic mass is 9.98. The van der Waals surface area contributed by atoms with Crippen molar-refractivity contribution in [2.24, 2.45) is 5.92 Å². The van der Waals surface area contributed by atoms with Crippen LogP contribution in [0.2, 0.25) is 0 Å². The number of hydrogen-bond donors (Lipinski definition) is 1. The van der Waals surface area contributed by atoms with Gasteiger partial charge in [-0.15, -0.1) is 0 Å².